The van der Waals surface area contributed by atoms with Gasteiger partial charge in [0.05, 0.1) is 23.4 Å². The molecule has 0 bridgehead atoms. The zero-order valence-electron chi connectivity index (χ0n) is 24.9. The van der Waals surface area contributed by atoms with Crippen LogP contribution in [0, 0.1) is 16.7 Å². The predicted octanol–water partition coefficient (Wildman–Crippen LogP) is 2.67. The van der Waals surface area contributed by atoms with Crippen LogP contribution in [0.1, 0.15) is 66.1 Å². The van der Waals surface area contributed by atoms with Crippen LogP contribution in [0.3, 0.4) is 0 Å². The molecule has 0 unspecified atom stereocenters. The maximum absolute atomic E-state index is 13.3. The number of aromatic nitrogens is 3. The second-order valence-electron chi connectivity index (χ2n) is 11.9. The number of nitriles is 1. The average molecular weight is 578 g/mol. The van der Waals surface area contributed by atoms with Crippen LogP contribution >= 0.6 is 0 Å². The predicted molar refractivity (Wildman–Crippen MR) is 165 cm³/mol. The Morgan fingerprint density at radius 3 is 2.79 bits per heavy atom. The molecule has 0 radical (unpaired) electrons. The van der Waals surface area contributed by atoms with Crippen molar-refractivity contribution >= 4 is 17.7 Å². The summed E-state index contributed by atoms with van der Waals surface area (Å²) in [5.74, 6) is -0.0135. The highest BCUT2D eigenvalue weighted by molar-refractivity contribution is 5.95. The molecule has 6 rings (SSSR count). The second kappa shape index (κ2) is 12.1. The number of aromatic amines is 1. The first-order chi connectivity index (χ1) is 21.0. The third kappa shape index (κ3) is 5.58. The fraction of sp³-hybridized carbons (Fsp3) is 0.424. The highest BCUT2D eigenvalue weighted by Gasteiger charge is 2.48. The fourth-order valence-electron chi connectivity index (χ4n) is 6.82. The third-order valence-electron chi connectivity index (χ3n) is 9.28. The van der Waals surface area contributed by atoms with Crippen LogP contribution in [-0.4, -0.2) is 76.0 Å². The van der Waals surface area contributed by atoms with Gasteiger partial charge in [-0.05, 0) is 79.9 Å². The summed E-state index contributed by atoms with van der Waals surface area (Å²) in [4.78, 5) is 25.7. The van der Waals surface area contributed by atoms with Crippen molar-refractivity contribution in [3.63, 3.8) is 0 Å². The number of carbonyl (C=O) groups excluding carboxylic acids is 1. The number of fused-ring (bicyclic) bond motifs is 1. The number of hydrogen-bond acceptors (Lipinski definition) is 7. The molecule has 10 heteroatoms. The van der Waals surface area contributed by atoms with Crippen LogP contribution in [0.15, 0.2) is 59.6 Å². The van der Waals surface area contributed by atoms with E-state index in [9.17, 15) is 10.1 Å². The number of hydrogen-bond donors (Lipinski definition) is 3. The van der Waals surface area contributed by atoms with Crippen LogP contribution in [-0.2, 0) is 12.1 Å². The van der Waals surface area contributed by atoms with Crippen molar-refractivity contribution < 1.29 is 4.79 Å². The van der Waals surface area contributed by atoms with E-state index in [-0.39, 0.29) is 11.4 Å². The number of amides is 1. The fourth-order valence-corrected chi connectivity index (χ4v) is 6.82. The molecule has 10 nitrogen and oxygen atoms in total. The van der Waals surface area contributed by atoms with E-state index in [0.29, 0.717) is 43.2 Å². The van der Waals surface area contributed by atoms with Crippen molar-refractivity contribution in [3.05, 3.63) is 87.6 Å². The number of rotatable bonds is 9. The summed E-state index contributed by atoms with van der Waals surface area (Å²) < 4.78 is 2.10. The summed E-state index contributed by atoms with van der Waals surface area (Å²) in [6, 6.07) is 10.1. The lowest BCUT2D eigenvalue weighted by Gasteiger charge is -2.53. The minimum absolute atomic E-state index is 0.0135. The lowest BCUT2D eigenvalue weighted by molar-refractivity contribution is -0.0141. The Bertz CT molecular complexity index is 1710. The van der Waals surface area contributed by atoms with Crippen molar-refractivity contribution in [2.24, 2.45) is 4.99 Å². The molecule has 2 aliphatic heterocycles. The van der Waals surface area contributed by atoms with Gasteiger partial charge in [0, 0.05) is 80.1 Å². The first kappa shape index (κ1) is 28.8. The summed E-state index contributed by atoms with van der Waals surface area (Å²) in [7, 11) is 1.85. The van der Waals surface area contributed by atoms with E-state index in [1.807, 2.05) is 42.7 Å². The Hall–Kier alpha value is -4.33. The molecule has 4 heterocycles. The van der Waals surface area contributed by atoms with Gasteiger partial charge in [0.15, 0.2) is 0 Å². The molecule has 1 amide bonds. The van der Waals surface area contributed by atoms with Gasteiger partial charge in [-0.1, -0.05) is 6.92 Å². The van der Waals surface area contributed by atoms with Crippen molar-refractivity contribution in [1.82, 2.24) is 29.9 Å². The molecule has 43 heavy (non-hydrogen) atoms. The molecular formula is C33H39N9O. The standard InChI is InChI=1S/C33H39N9O/c1-3-23-15-30(29-4-7-37-31(29)38-20-23)27-21-39-42(22-27)33(5-6-34)16-28(17-33)40-8-10-41(11-9-40)32(43)26-13-24(18-35)12-25(14-26)19-36-2/h4,6-7,12-14,20-22,28,34,36H,3,5,8-11,15-17,19H2,1-2H3,(H,37,38). The van der Waals surface area contributed by atoms with Crippen molar-refractivity contribution in [2.75, 3.05) is 33.2 Å². The number of allylic oxidation sites excluding steroid dienone is 1. The summed E-state index contributed by atoms with van der Waals surface area (Å²) >= 11 is 0. The maximum atomic E-state index is 13.3. The molecule has 3 N–H and O–H groups in total. The van der Waals surface area contributed by atoms with E-state index in [4.69, 9.17) is 10.5 Å². The molecule has 1 saturated carbocycles. The van der Waals surface area contributed by atoms with Crippen LogP contribution < -0.4 is 16.0 Å². The van der Waals surface area contributed by atoms with E-state index >= 15 is 0 Å². The van der Waals surface area contributed by atoms with E-state index in [1.165, 1.54) is 17.4 Å². The Balaban J connectivity index is 1.13. The molecule has 222 valence electrons. The highest BCUT2D eigenvalue weighted by Crippen LogP contribution is 2.44. The van der Waals surface area contributed by atoms with Crippen molar-refractivity contribution in [3.8, 4) is 6.07 Å². The Morgan fingerprint density at radius 2 is 2.07 bits per heavy atom. The van der Waals surface area contributed by atoms with Gasteiger partial charge in [-0.2, -0.15) is 10.4 Å². The molecule has 0 spiro atoms. The number of nitrogens with one attached hydrogen (secondary N) is 3. The van der Waals surface area contributed by atoms with Gasteiger partial charge >= 0.3 is 0 Å². The van der Waals surface area contributed by atoms with Gasteiger partial charge < -0.3 is 20.6 Å². The molecule has 0 atom stereocenters. The molecule has 1 saturated heterocycles. The van der Waals surface area contributed by atoms with Crippen LogP contribution in [0.4, 0.5) is 0 Å². The molecule has 1 aliphatic carbocycles. The molecule has 3 aliphatic rings. The number of H-pyrrole nitrogens is 1. The van der Waals surface area contributed by atoms with Gasteiger partial charge in [0.25, 0.3) is 5.91 Å². The molecule has 3 aromatic rings. The summed E-state index contributed by atoms with van der Waals surface area (Å²) in [6.07, 6.45) is 13.9. The summed E-state index contributed by atoms with van der Waals surface area (Å²) in [6.45, 7) is 5.72. The Labute approximate surface area is 251 Å². The smallest absolute Gasteiger partial charge is 0.253 e. The third-order valence-corrected chi connectivity index (χ3v) is 9.28. The lowest BCUT2D eigenvalue weighted by atomic mass is 9.70. The van der Waals surface area contributed by atoms with Crippen LogP contribution in [0.2, 0.25) is 0 Å². The molecular weight excluding hydrogens is 538 g/mol. The Kier molecular flexibility index (Phi) is 8.10. The largest absolute Gasteiger partial charge is 0.346 e. The zero-order valence-corrected chi connectivity index (χ0v) is 24.9. The topological polar surface area (TPSA) is 129 Å². The number of benzene rings is 1. The second-order valence-corrected chi connectivity index (χ2v) is 11.9. The van der Waals surface area contributed by atoms with Gasteiger partial charge in [-0.3, -0.25) is 14.4 Å². The Morgan fingerprint density at radius 1 is 1.26 bits per heavy atom. The first-order valence-corrected chi connectivity index (χ1v) is 15.2. The maximum Gasteiger partial charge on any atom is 0.253 e. The van der Waals surface area contributed by atoms with Gasteiger partial charge in [0.2, 0.25) is 0 Å². The SMILES string of the molecule is CCC1=CN=c2[nH]ccc2=C(c2cnn(C3(CC=N)CC(N4CCN(C(=O)c5cc(C#N)cc(CNC)c5)CC4)C3)c2)C1. The first-order valence-electron chi connectivity index (χ1n) is 15.2. The number of piperazine rings is 1. The highest BCUT2D eigenvalue weighted by atomic mass is 16.2. The van der Waals surface area contributed by atoms with E-state index in [0.717, 1.165) is 60.6 Å². The van der Waals surface area contributed by atoms with Gasteiger partial charge in [-0.15, -0.1) is 0 Å². The number of carbonyl (C=O) groups is 1. The average Bonchev–Trinajstić information content (AvgIpc) is 3.66. The molecule has 2 aromatic heterocycles. The monoisotopic (exact) mass is 577 g/mol. The van der Waals surface area contributed by atoms with Gasteiger partial charge in [-0.25, -0.2) is 4.99 Å². The minimum Gasteiger partial charge on any atom is -0.346 e. The van der Waals surface area contributed by atoms with Crippen molar-refractivity contribution in [2.45, 2.75) is 57.2 Å². The lowest BCUT2D eigenvalue weighted by Crippen LogP contribution is -2.60. The van der Waals surface area contributed by atoms with E-state index < -0.39 is 0 Å². The molecule has 2 fully saturated rings. The quantitative estimate of drug-likeness (QED) is 0.337. The van der Waals surface area contributed by atoms with Gasteiger partial charge in [0.1, 0.15) is 5.49 Å². The molecule has 1 aromatic carbocycles. The van der Waals surface area contributed by atoms with E-state index in [2.05, 4.69) is 50.1 Å². The number of nitrogens with zero attached hydrogens (tertiary/aromatic N) is 6. The van der Waals surface area contributed by atoms with Crippen LogP contribution in [0.25, 0.3) is 5.57 Å². The summed E-state index contributed by atoms with van der Waals surface area (Å²) in [5.41, 5.74) is 6.33. The van der Waals surface area contributed by atoms with Crippen LogP contribution in [0.5, 0.6) is 0 Å². The van der Waals surface area contributed by atoms with E-state index in [1.54, 1.807) is 6.07 Å². The minimum atomic E-state index is -0.209. The normalized spacial score (nSPS) is 22.1. The summed E-state index contributed by atoms with van der Waals surface area (Å²) in [5, 5.41) is 26.5. The zero-order chi connectivity index (χ0) is 30.0. The van der Waals surface area contributed by atoms with Crippen molar-refractivity contribution in [1.29, 1.82) is 10.7 Å².